The number of para-hydroxylation sites is 2. The topological polar surface area (TPSA) is 44.4 Å². The van der Waals surface area contributed by atoms with Gasteiger partial charge in [0.05, 0.1) is 23.6 Å². The minimum absolute atomic E-state index is 0.0624. The number of hydrogen-bond acceptors (Lipinski definition) is 3. The Morgan fingerprint density at radius 3 is 2.60 bits per heavy atom. The highest BCUT2D eigenvalue weighted by molar-refractivity contribution is 6.30. The second kappa shape index (κ2) is 8.21. The van der Waals surface area contributed by atoms with E-state index in [4.69, 9.17) is 11.6 Å². The van der Waals surface area contributed by atoms with Gasteiger partial charge in [-0.2, -0.15) is 0 Å². The molecular formula is C19H21ClFN3O. The fraction of sp³-hybridized carbons (Fsp3) is 0.316. The number of hydrogen-bond donors (Lipinski definition) is 2. The molecule has 0 atom stereocenters. The van der Waals surface area contributed by atoms with Crippen LogP contribution >= 0.6 is 11.6 Å². The van der Waals surface area contributed by atoms with Gasteiger partial charge in [-0.25, -0.2) is 4.39 Å². The van der Waals surface area contributed by atoms with Crippen LogP contribution in [-0.2, 0) is 4.79 Å². The van der Waals surface area contributed by atoms with Crippen LogP contribution in [-0.4, -0.2) is 25.5 Å². The molecule has 1 heterocycles. The number of piperidine rings is 1. The summed E-state index contributed by atoms with van der Waals surface area (Å²) in [6.45, 7) is 2.12. The number of rotatable bonds is 5. The summed E-state index contributed by atoms with van der Waals surface area (Å²) >= 11 is 5.72. The van der Waals surface area contributed by atoms with Crippen molar-refractivity contribution >= 4 is 34.6 Å². The molecule has 1 aliphatic heterocycles. The monoisotopic (exact) mass is 361 g/mol. The van der Waals surface area contributed by atoms with E-state index in [0.717, 1.165) is 24.5 Å². The Labute approximate surface area is 152 Å². The van der Waals surface area contributed by atoms with Crippen LogP contribution < -0.4 is 15.5 Å². The molecule has 1 aliphatic rings. The number of nitrogens with one attached hydrogen (secondary N) is 2. The summed E-state index contributed by atoms with van der Waals surface area (Å²) in [5.41, 5.74) is 2.14. The summed E-state index contributed by atoms with van der Waals surface area (Å²) < 4.78 is 13.8. The summed E-state index contributed by atoms with van der Waals surface area (Å²) in [4.78, 5) is 14.5. The summed E-state index contributed by atoms with van der Waals surface area (Å²) in [6.07, 6.45) is 3.64. The second-order valence-corrected chi connectivity index (χ2v) is 6.53. The molecule has 0 saturated carbocycles. The van der Waals surface area contributed by atoms with Crippen molar-refractivity contribution < 1.29 is 9.18 Å². The van der Waals surface area contributed by atoms with E-state index in [1.54, 1.807) is 6.07 Å². The van der Waals surface area contributed by atoms with Crippen LogP contribution in [0.25, 0.3) is 0 Å². The number of carbonyl (C=O) groups is 1. The summed E-state index contributed by atoms with van der Waals surface area (Å²) in [5.74, 6) is -0.857. The van der Waals surface area contributed by atoms with Gasteiger partial charge in [-0.1, -0.05) is 23.7 Å². The van der Waals surface area contributed by atoms with Crippen LogP contribution in [0.2, 0.25) is 5.02 Å². The fourth-order valence-corrected chi connectivity index (χ4v) is 3.15. The molecule has 1 fully saturated rings. The van der Waals surface area contributed by atoms with Crippen molar-refractivity contribution in [2.24, 2.45) is 0 Å². The normalized spacial score (nSPS) is 14.2. The van der Waals surface area contributed by atoms with Crippen molar-refractivity contribution in [1.82, 2.24) is 0 Å². The van der Waals surface area contributed by atoms with Gasteiger partial charge in [-0.3, -0.25) is 4.79 Å². The van der Waals surface area contributed by atoms with E-state index in [2.05, 4.69) is 21.6 Å². The quantitative estimate of drug-likeness (QED) is 0.823. The predicted molar refractivity (Wildman–Crippen MR) is 101 cm³/mol. The second-order valence-electron chi connectivity index (χ2n) is 6.09. The van der Waals surface area contributed by atoms with Gasteiger partial charge >= 0.3 is 0 Å². The van der Waals surface area contributed by atoms with Crippen molar-refractivity contribution in [3.63, 3.8) is 0 Å². The van der Waals surface area contributed by atoms with Crippen LogP contribution in [0.5, 0.6) is 0 Å². The Kier molecular flexibility index (Phi) is 5.76. The molecule has 1 amide bonds. The molecule has 3 rings (SSSR count). The zero-order valence-electron chi connectivity index (χ0n) is 13.9. The van der Waals surface area contributed by atoms with E-state index in [1.807, 2.05) is 18.2 Å². The van der Waals surface area contributed by atoms with Crippen LogP contribution in [0.4, 0.5) is 21.5 Å². The Hall–Kier alpha value is -2.27. The van der Waals surface area contributed by atoms with E-state index in [-0.39, 0.29) is 18.1 Å². The Morgan fingerprint density at radius 1 is 1.08 bits per heavy atom. The first kappa shape index (κ1) is 17.5. The lowest BCUT2D eigenvalue weighted by Gasteiger charge is -2.30. The molecule has 4 nitrogen and oxygen atoms in total. The smallest absolute Gasteiger partial charge is 0.243 e. The van der Waals surface area contributed by atoms with Gasteiger partial charge in [0.2, 0.25) is 5.91 Å². The molecule has 132 valence electrons. The zero-order valence-corrected chi connectivity index (χ0v) is 14.7. The number of amides is 1. The van der Waals surface area contributed by atoms with Crippen LogP contribution in [0, 0.1) is 5.82 Å². The highest BCUT2D eigenvalue weighted by atomic mass is 35.5. The number of anilines is 3. The van der Waals surface area contributed by atoms with E-state index in [9.17, 15) is 9.18 Å². The molecule has 25 heavy (non-hydrogen) atoms. The Bertz CT molecular complexity index is 747. The minimum atomic E-state index is -0.547. The molecule has 2 aromatic rings. The molecule has 6 heteroatoms. The number of benzene rings is 2. The van der Waals surface area contributed by atoms with Crippen molar-refractivity contribution in [1.29, 1.82) is 0 Å². The maximum absolute atomic E-state index is 13.8. The third-order valence-corrected chi connectivity index (χ3v) is 4.48. The van der Waals surface area contributed by atoms with Gasteiger partial charge in [-0.15, -0.1) is 0 Å². The lowest BCUT2D eigenvalue weighted by Crippen LogP contribution is -2.30. The molecule has 2 aromatic carbocycles. The average molecular weight is 362 g/mol. The SMILES string of the molecule is O=C(CNc1ccccc1N1CCCCC1)Nc1ccc(Cl)cc1F. The molecule has 2 N–H and O–H groups in total. The van der Waals surface area contributed by atoms with Gasteiger partial charge < -0.3 is 15.5 Å². The summed E-state index contributed by atoms with van der Waals surface area (Å²) in [6, 6.07) is 12.1. The maximum Gasteiger partial charge on any atom is 0.243 e. The number of nitrogens with zero attached hydrogens (tertiary/aromatic N) is 1. The highest BCUT2D eigenvalue weighted by Gasteiger charge is 2.15. The molecule has 0 aliphatic carbocycles. The van der Waals surface area contributed by atoms with Gasteiger partial charge in [0, 0.05) is 18.1 Å². The lowest BCUT2D eigenvalue weighted by atomic mass is 10.1. The van der Waals surface area contributed by atoms with Gasteiger partial charge in [0.1, 0.15) is 5.82 Å². The van der Waals surface area contributed by atoms with E-state index < -0.39 is 5.82 Å². The summed E-state index contributed by atoms with van der Waals surface area (Å²) in [5, 5.41) is 6.01. The molecule has 1 saturated heterocycles. The number of halogens is 2. The first-order valence-corrected chi connectivity index (χ1v) is 8.84. The molecule has 0 radical (unpaired) electrons. The van der Waals surface area contributed by atoms with E-state index >= 15 is 0 Å². The Balaban J connectivity index is 1.62. The van der Waals surface area contributed by atoms with Crippen molar-refractivity contribution in [3.05, 3.63) is 53.3 Å². The third kappa shape index (κ3) is 4.63. The maximum atomic E-state index is 13.8. The van der Waals surface area contributed by atoms with Gasteiger partial charge in [0.15, 0.2) is 0 Å². The molecule has 0 aromatic heterocycles. The fourth-order valence-electron chi connectivity index (χ4n) is 2.99. The average Bonchev–Trinajstić information content (AvgIpc) is 2.63. The van der Waals surface area contributed by atoms with Crippen molar-refractivity contribution in [2.75, 3.05) is 35.2 Å². The Morgan fingerprint density at radius 2 is 1.84 bits per heavy atom. The van der Waals surface area contributed by atoms with E-state index in [1.165, 1.54) is 31.4 Å². The van der Waals surface area contributed by atoms with Crippen LogP contribution in [0.1, 0.15) is 19.3 Å². The van der Waals surface area contributed by atoms with Crippen molar-refractivity contribution in [2.45, 2.75) is 19.3 Å². The van der Waals surface area contributed by atoms with Gasteiger partial charge in [0.25, 0.3) is 0 Å². The largest absolute Gasteiger partial charge is 0.374 e. The number of carbonyl (C=O) groups excluding carboxylic acids is 1. The minimum Gasteiger partial charge on any atom is -0.374 e. The molecule has 0 spiro atoms. The predicted octanol–water partition coefficient (Wildman–Crippen LogP) is 4.52. The standard InChI is InChI=1S/C19H21ClFN3O/c20-14-8-9-16(15(21)12-14)23-19(25)13-22-17-6-2-3-7-18(17)24-10-4-1-5-11-24/h2-3,6-9,12,22H,1,4-5,10-11,13H2,(H,23,25). The van der Waals surface area contributed by atoms with E-state index in [0.29, 0.717) is 5.02 Å². The highest BCUT2D eigenvalue weighted by Crippen LogP contribution is 2.28. The first-order valence-electron chi connectivity index (χ1n) is 8.46. The van der Waals surface area contributed by atoms with Crippen LogP contribution in [0.15, 0.2) is 42.5 Å². The van der Waals surface area contributed by atoms with Crippen molar-refractivity contribution in [3.8, 4) is 0 Å². The zero-order chi connectivity index (χ0) is 17.6. The lowest BCUT2D eigenvalue weighted by molar-refractivity contribution is -0.114. The molecular weight excluding hydrogens is 341 g/mol. The first-order chi connectivity index (χ1) is 12.1. The van der Waals surface area contributed by atoms with Gasteiger partial charge in [-0.05, 0) is 49.6 Å². The third-order valence-electron chi connectivity index (χ3n) is 4.25. The molecule has 0 unspecified atom stereocenters. The molecule has 0 bridgehead atoms. The summed E-state index contributed by atoms with van der Waals surface area (Å²) in [7, 11) is 0. The van der Waals surface area contributed by atoms with Crippen LogP contribution in [0.3, 0.4) is 0 Å².